The summed E-state index contributed by atoms with van der Waals surface area (Å²) in [7, 11) is 0. The first-order valence-corrected chi connectivity index (χ1v) is 7.43. The molecule has 1 aromatic rings. The summed E-state index contributed by atoms with van der Waals surface area (Å²) in [5, 5.41) is 15.4. The fourth-order valence-corrected chi connectivity index (χ4v) is 3.11. The highest BCUT2D eigenvalue weighted by Crippen LogP contribution is 2.29. The standard InChI is InChI=1S/C15H20ClN3O2/c1-10-5-6-11(12(16)9-10)13(20)18-15(14(17)19-21)7-3-2-4-8-15/h5-6,9,21H,2-4,7-8H2,1H3,(H2,17,19)(H,18,20). The van der Waals surface area contributed by atoms with Gasteiger partial charge in [-0.25, -0.2) is 0 Å². The first kappa shape index (κ1) is 15.6. The van der Waals surface area contributed by atoms with Crippen molar-refractivity contribution >= 4 is 23.3 Å². The van der Waals surface area contributed by atoms with Crippen LogP contribution in [0.25, 0.3) is 0 Å². The number of nitrogens with zero attached hydrogens (tertiary/aromatic N) is 1. The van der Waals surface area contributed by atoms with Gasteiger partial charge in [0.05, 0.1) is 10.6 Å². The van der Waals surface area contributed by atoms with Gasteiger partial charge in [0.15, 0.2) is 5.84 Å². The Kier molecular flexibility index (Phi) is 4.73. The van der Waals surface area contributed by atoms with Gasteiger partial charge in [-0.15, -0.1) is 0 Å². The van der Waals surface area contributed by atoms with E-state index in [1.807, 2.05) is 13.0 Å². The summed E-state index contributed by atoms with van der Waals surface area (Å²) < 4.78 is 0. The molecule has 1 aliphatic carbocycles. The lowest BCUT2D eigenvalue weighted by molar-refractivity contribution is 0.0906. The van der Waals surface area contributed by atoms with E-state index in [-0.39, 0.29) is 11.7 Å². The summed E-state index contributed by atoms with van der Waals surface area (Å²) >= 11 is 6.13. The Morgan fingerprint density at radius 3 is 2.62 bits per heavy atom. The second-order valence-electron chi connectivity index (χ2n) is 5.57. The van der Waals surface area contributed by atoms with Crippen molar-refractivity contribution in [2.75, 3.05) is 0 Å². The highest BCUT2D eigenvalue weighted by Gasteiger charge is 2.38. The van der Waals surface area contributed by atoms with Crippen LogP contribution in [0, 0.1) is 6.92 Å². The Morgan fingerprint density at radius 1 is 1.38 bits per heavy atom. The number of carbonyl (C=O) groups is 1. The number of amidine groups is 1. The molecule has 1 fully saturated rings. The average molecular weight is 310 g/mol. The highest BCUT2D eigenvalue weighted by molar-refractivity contribution is 6.34. The van der Waals surface area contributed by atoms with Crippen LogP contribution in [0.3, 0.4) is 0 Å². The Balaban J connectivity index is 2.26. The van der Waals surface area contributed by atoms with E-state index >= 15 is 0 Å². The molecule has 114 valence electrons. The fourth-order valence-electron chi connectivity index (χ4n) is 2.79. The van der Waals surface area contributed by atoms with E-state index in [1.54, 1.807) is 12.1 Å². The smallest absolute Gasteiger partial charge is 0.253 e. The van der Waals surface area contributed by atoms with Gasteiger partial charge in [0.1, 0.15) is 5.54 Å². The number of halogens is 1. The van der Waals surface area contributed by atoms with Crippen molar-refractivity contribution in [1.29, 1.82) is 0 Å². The fraction of sp³-hybridized carbons (Fsp3) is 0.467. The summed E-state index contributed by atoms with van der Waals surface area (Å²) in [4.78, 5) is 12.5. The third-order valence-electron chi connectivity index (χ3n) is 4.03. The minimum atomic E-state index is -0.779. The molecule has 0 radical (unpaired) electrons. The lowest BCUT2D eigenvalue weighted by atomic mass is 9.80. The predicted molar refractivity (Wildman–Crippen MR) is 82.9 cm³/mol. The summed E-state index contributed by atoms with van der Waals surface area (Å²) in [6.45, 7) is 1.91. The zero-order valence-electron chi connectivity index (χ0n) is 12.0. The number of benzene rings is 1. The van der Waals surface area contributed by atoms with Crippen LogP contribution in [0.1, 0.15) is 48.0 Å². The van der Waals surface area contributed by atoms with Gasteiger partial charge in [-0.1, -0.05) is 42.1 Å². The van der Waals surface area contributed by atoms with E-state index in [0.717, 1.165) is 24.8 Å². The number of oxime groups is 1. The van der Waals surface area contributed by atoms with Gasteiger partial charge in [0.2, 0.25) is 0 Å². The predicted octanol–water partition coefficient (Wildman–Crippen LogP) is 2.83. The zero-order valence-corrected chi connectivity index (χ0v) is 12.8. The van der Waals surface area contributed by atoms with Crippen LogP contribution in [0.2, 0.25) is 5.02 Å². The number of rotatable bonds is 3. The van der Waals surface area contributed by atoms with Gasteiger partial charge in [-0.2, -0.15) is 0 Å². The number of amides is 1. The molecule has 1 aromatic carbocycles. The molecule has 0 heterocycles. The lowest BCUT2D eigenvalue weighted by Gasteiger charge is -2.36. The van der Waals surface area contributed by atoms with E-state index < -0.39 is 5.54 Å². The Morgan fingerprint density at radius 2 is 2.05 bits per heavy atom. The molecule has 2 rings (SSSR count). The molecule has 21 heavy (non-hydrogen) atoms. The van der Waals surface area contributed by atoms with Crippen LogP contribution in [0.5, 0.6) is 0 Å². The van der Waals surface area contributed by atoms with E-state index in [0.29, 0.717) is 23.4 Å². The molecule has 0 bridgehead atoms. The van der Waals surface area contributed by atoms with Crippen molar-refractivity contribution in [2.24, 2.45) is 10.9 Å². The molecule has 0 spiro atoms. The molecule has 4 N–H and O–H groups in total. The van der Waals surface area contributed by atoms with Crippen molar-refractivity contribution < 1.29 is 10.0 Å². The minimum Gasteiger partial charge on any atom is -0.409 e. The molecule has 0 saturated heterocycles. The van der Waals surface area contributed by atoms with Gasteiger partial charge < -0.3 is 16.3 Å². The zero-order chi connectivity index (χ0) is 15.5. The molecule has 0 aliphatic heterocycles. The van der Waals surface area contributed by atoms with Gasteiger partial charge >= 0.3 is 0 Å². The van der Waals surface area contributed by atoms with E-state index in [4.69, 9.17) is 22.5 Å². The molecule has 0 aromatic heterocycles. The van der Waals surface area contributed by atoms with E-state index in [1.165, 1.54) is 0 Å². The van der Waals surface area contributed by atoms with Crippen molar-refractivity contribution in [3.05, 3.63) is 34.3 Å². The van der Waals surface area contributed by atoms with E-state index in [2.05, 4.69) is 10.5 Å². The molecule has 0 unspecified atom stereocenters. The van der Waals surface area contributed by atoms with Gasteiger partial charge in [-0.05, 0) is 37.5 Å². The normalized spacial score (nSPS) is 18.3. The lowest BCUT2D eigenvalue weighted by Crippen LogP contribution is -2.58. The molecule has 5 nitrogen and oxygen atoms in total. The van der Waals surface area contributed by atoms with Crippen LogP contribution in [-0.4, -0.2) is 22.5 Å². The number of carbonyl (C=O) groups excluding carboxylic acids is 1. The number of nitrogens with one attached hydrogen (secondary N) is 1. The number of nitrogens with two attached hydrogens (primary N) is 1. The number of hydrogen-bond acceptors (Lipinski definition) is 3. The van der Waals surface area contributed by atoms with Gasteiger partial charge in [-0.3, -0.25) is 4.79 Å². The molecular weight excluding hydrogens is 290 g/mol. The monoisotopic (exact) mass is 309 g/mol. The molecule has 6 heteroatoms. The Hall–Kier alpha value is -1.75. The number of hydrogen-bond donors (Lipinski definition) is 3. The molecule has 1 amide bonds. The second-order valence-corrected chi connectivity index (χ2v) is 5.97. The quantitative estimate of drug-likeness (QED) is 0.347. The molecule has 1 aliphatic rings. The van der Waals surface area contributed by atoms with Crippen molar-refractivity contribution in [3.63, 3.8) is 0 Å². The van der Waals surface area contributed by atoms with Crippen LogP contribution < -0.4 is 11.1 Å². The summed E-state index contributed by atoms with van der Waals surface area (Å²) in [5.41, 5.74) is 6.43. The van der Waals surface area contributed by atoms with Crippen LogP contribution in [0.15, 0.2) is 23.4 Å². The SMILES string of the molecule is Cc1ccc(C(=O)NC2(/C(N)=N/O)CCCCC2)c(Cl)c1. The van der Waals surface area contributed by atoms with Crippen LogP contribution in [0.4, 0.5) is 0 Å². The first-order chi connectivity index (χ1) is 9.98. The Labute approximate surface area is 129 Å². The third kappa shape index (κ3) is 3.29. The molecular formula is C15H20ClN3O2. The summed E-state index contributed by atoms with van der Waals surface area (Å²) in [5.74, 6) is -0.243. The van der Waals surface area contributed by atoms with Gasteiger partial charge in [0, 0.05) is 0 Å². The van der Waals surface area contributed by atoms with Crippen molar-refractivity contribution in [1.82, 2.24) is 5.32 Å². The maximum absolute atomic E-state index is 12.5. The minimum absolute atomic E-state index is 0.0544. The molecule has 0 atom stereocenters. The highest BCUT2D eigenvalue weighted by atomic mass is 35.5. The number of aryl methyl sites for hydroxylation is 1. The largest absolute Gasteiger partial charge is 0.409 e. The van der Waals surface area contributed by atoms with Crippen LogP contribution in [-0.2, 0) is 0 Å². The molecule has 1 saturated carbocycles. The van der Waals surface area contributed by atoms with Gasteiger partial charge in [0.25, 0.3) is 5.91 Å². The maximum Gasteiger partial charge on any atom is 0.253 e. The maximum atomic E-state index is 12.5. The van der Waals surface area contributed by atoms with Crippen molar-refractivity contribution in [3.8, 4) is 0 Å². The summed E-state index contributed by atoms with van der Waals surface area (Å²) in [6, 6.07) is 5.27. The average Bonchev–Trinajstić information content (AvgIpc) is 2.47. The van der Waals surface area contributed by atoms with Crippen molar-refractivity contribution in [2.45, 2.75) is 44.6 Å². The van der Waals surface area contributed by atoms with Crippen LogP contribution >= 0.6 is 11.6 Å². The Bertz CT molecular complexity index is 566. The second kappa shape index (κ2) is 6.35. The topological polar surface area (TPSA) is 87.7 Å². The summed E-state index contributed by atoms with van der Waals surface area (Å²) in [6.07, 6.45) is 4.27. The third-order valence-corrected chi connectivity index (χ3v) is 4.34. The van der Waals surface area contributed by atoms with E-state index in [9.17, 15) is 4.79 Å². The first-order valence-electron chi connectivity index (χ1n) is 7.05.